The van der Waals surface area contributed by atoms with Crippen molar-refractivity contribution in [2.75, 3.05) is 0 Å². The standard InChI is InChI=1S/C18H17N5O/c24-18(9-8-15-5-4-10-19-11-15)22-17(12-23-14-20-13-21-23)16-6-2-1-3-7-16/h1-11,13-14,17H,12H2,(H,22,24)/b9-8-/t17-/m0/s1. The Bertz CT molecular complexity index is 785. The molecular formula is C18H17N5O. The van der Waals surface area contributed by atoms with Gasteiger partial charge in [-0.1, -0.05) is 36.4 Å². The molecule has 24 heavy (non-hydrogen) atoms. The number of carbonyl (C=O) groups excluding carboxylic acids is 1. The molecule has 120 valence electrons. The van der Waals surface area contributed by atoms with Crippen molar-refractivity contribution in [3.8, 4) is 0 Å². The molecule has 0 saturated carbocycles. The Morgan fingerprint density at radius 3 is 2.75 bits per heavy atom. The van der Waals surface area contributed by atoms with Crippen molar-refractivity contribution in [2.24, 2.45) is 0 Å². The molecule has 1 amide bonds. The van der Waals surface area contributed by atoms with E-state index in [1.165, 1.54) is 12.4 Å². The van der Waals surface area contributed by atoms with Gasteiger partial charge in [-0.2, -0.15) is 5.10 Å². The number of hydrogen-bond acceptors (Lipinski definition) is 4. The minimum absolute atomic E-state index is 0.173. The monoisotopic (exact) mass is 319 g/mol. The maximum atomic E-state index is 12.3. The molecule has 0 unspecified atom stereocenters. The molecule has 2 heterocycles. The summed E-state index contributed by atoms with van der Waals surface area (Å²) in [4.78, 5) is 20.2. The first-order valence-corrected chi connectivity index (χ1v) is 7.57. The topological polar surface area (TPSA) is 72.7 Å². The molecule has 6 nitrogen and oxygen atoms in total. The Labute approximate surface area is 139 Å². The van der Waals surface area contributed by atoms with Crippen LogP contribution in [0.3, 0.4) is 0 Å². The van der Waals surface area contributed by atoms with Crippen LogP contribution in [0.1, 0.15) is 17.2 Å². The Hall–Kier alpha value is -3.28. The molecule has 3 aromatic rings. The van der Waals surface area contributed by atoms with Gasteiger partial charge in [-0.25, -0.2) is 4.98 Å². The van der Waals surface area contributed by atoms with Gasteiger partial charge in [0.15, 0.2) is 0 Å². The van der Waals surface area contributed by atoms with Gasteiger partial charge in [0.2, 0.25) is 5.91 Å². The van der Waals surface area contributed by atoms with Crippen LogP contribution >= 0.6 is 0 Å². The number of rotatable bonds is 6. The second-order valence-electron chi connectivity index (χ2n) is 5.21. The highest BCUT2D eigenvalue weighted by molar-refractivity contribution is 5.91. The van der Waals surface area contributed by atoms with E-state index < -0.39 is 0 Å². The molecule has 0 aliphatic carbocycles. The van der Waals surface area contributed by atoms with Crippen molar-refractivity contribution in [1.82, 2.24) is 25.1 Å². The van der Waals surface area contributed by atoms with Crippen LogP contribution in [0.5, 0.6) is 0 Å². The molecule has 1 N–H and O–H groups in total. The van der Waals surface area contributed by atoms with Crippen molar-refractivity contribution < 1.29 is 4.79 Å². The van der Waals surface area contributed by atoms with Crippen LogP contribution in [0.4, 0.5) is 0 Å². The Morgan fingerprint density at radius 2 is 2.04 bits per heavy atom. The van der Waals surface area contributed by atoms with Gasteiger partial charge in [0.25, 0.3) is 0 Å². The molecule has 0 spiro atoms. The summed E-state index contributed by atoms with van der Waals surface area (Å²) in [7, 11) is 0. The Kier molecular flexibility index (Phi) is 5.09. The van der Waals surface area contributed by atoms with Crippen molar-refractivity contribution in [1.29, 1.82) is 0 Å². The number of amides is 1. The van der Waals surface area contributed by atoms with Crippen molar-refractivity contribution >= 4 is 12.0 Å². The third kappa shape index (κ3) is 4.36. The summed E-state index contributed by atoms with van der Waals surface area (Å²) < 4.78 is 1.70. The van der Waals surface area contributed by atoms with Gasteiger partial charge in [-0.3, -0.25) is 14.5 Å². The molecule has 0 saturated heterocycles. The third-order valence-electron chi connectivity index (χ3n) is 3.47. The number of carbonyl (C=O) groups is 1. The van der Waals surface area contributed by atoms with Crippen LogP contribution in [0, 0.1) is 0 Å². The molecule has 0 radical (unpaired) electrons. The van der Waals surface area contributed by atoms with Crippen LogP contribution in [0.15, 0.2) is 73.6 Å². The fraction of sp³-hybridized carbons (Fsp3) is 0.111. The zero-order valence-corrected chi connectivity index (χ0v) is 13.0. The summed E-state index contributed by atoms with van der Waals surface area (Å²) in [5.41, 5.74) is 1.89. The van der Waals surface area contributed by atoms with Gasteiger partial charge in [0, 0.05) is 18.5 Å². The highest BCUT2D eigenvalue weighted by Gasteiger charge is 2.14. The van der Waals surface area contributed by atoms with Gasteiger partial charge < -0.3 is 5.32 Å². The smallest absolute Gasteiger partial charge is 0.244 e. The van der Waals surface area contributed by atoms with Gasteiger partial charge in [-0.05, 0) is 23.3 Å². The average Bonchev–Trinajstić information content (AvgIpc) is 3.14. The first-order valence-electron chi connectivity index (χ1n) is 7.57. The number of aromatic nitrogens is 4. The largest absolute Gasteiger partial charge is 0.344 e. The normalized spacial score (nSPS) is 12.2. The van der Waals surface area contributed by atoms with E-state index in [9.17, 15) is 4.79 Å². The fourth-order valence-corrected chi connectivity index (χ4v) is 2.30. The molecule has 2 aromatic heterocycles. The molecule has 1 aromatic carbocycles. The van der Waals surface area contributed by atoms with Crippen LogP contribution in [0.25, 0.3) is 6.08 Å². The van der Waals surface area contributed by atoms with Gasteiger partial charge in [-0.15, -0.1) is 0 Å². The number of hydrogen-bond donors (Lipinski definition) is 1. The quantitative estimate of drug-likeness (QED) is 0.707. The van der Waals surface area contributed by atoms with E-state index in [1.807, 2.05) is 42.5 Å². The predicted molar refractivity (Wildman–Crippen MR) is 90.6 cm³/mol. The lowest BCUT2D eigenvalue weighted by molar-refractivity contribution is -0.117. The second kappa shape index (κ2) is 7.82. The van der Waals surface area contributed by atoms with E-state index in [0.717, 1.165) is 11.1 Å². The molecule has 0 aliphatic heterocycles. The second-order valence-corrected chi connectivity index (χ2v) is 5.21. The van der Waals surface area contributed by atoms with E-state index in [1.54, 1.807) is 29.5 Å². The SMILES string of the molecule is O=C(/C=C\c1cccnc1)N[C@@H](Cn1cncn1)c1ccccc1. The minimum atomic E-state index is -0.195. The van der Waals surface area contributed by atoms with Crippen molar-refractivity contribution in [3.05, 3.63) is 84.7 Å². The summed E-state index contributed by atoms with van der Waals surface area (Å²) >= 11 is 0. The Morgan fingerprint density at radius 1 is 1.17 bits per heavy atom. The van der Waals surface area contributed by atoms with Crippen LogP contribution in [-0.4, -0.2) is 25.7 Å². The average molecular weight is 319 g/mol. The molecule has 6 heteroatoms. The number of pyridine rings is 1. The van der Waals surface area contributed by atoms with Crippen molar-refractivity contribution in [2.45, 2.75) is 12.6 Å². The molecule has 1 atom stereocenters. The van der Waals surface area contributed by atoms with E-state index in [2.05, 4.69) is 20.4 Å². The lowest BCUT2D eigenvalue weighted by Gasteiger charge is -2.18. The summed E-state index contributed by atoms with van der Waals surface area (Å²) in [6, 6.07) is 13.3. The van der Waals surface area contributed by atoms with Crippen LogP contribution in [0.2, 0.25) is 0 Å². The maximum Gasteiger partial charge on any atom is 0.244 e. The van der Waals surface area contributed by atoms with E-state index in [-0.39, 0.29) is 11.9 Å². The van der Waals surface area contributed by atoms with Crippen molar-refractivity contribution in [3.63, 3.8) is 0 Å². The summed E-state index contributed by atoms with van der Waals surface area (Å²) in [5, 5.41) is 7.12. The molecule has 0 bridgehead atoms. The first kappa shape index (κ1) is 15.6. The van der Waals surface area contributed by atoms with Crippen LogP contribution in [-0.2, 0) is 11.3 Å². The van der Waals surface area contributed by atoms with Gasteiger partial charge >= 0.3 is 0 Å². The highest BCUT2D eigenvalue weighted by Crippen LogP contribution is 2.14. The summed E-state index contributed by atoms with van der Waals surface area (Å²) in [6.07, 6.45) is 9.75. The zero-order chi connectivity index (χ0) is 16.6. The predicted octanol–water partition coefficient (Wildman–Crippen LogP) is 2.24. The number of nitrogens with zero attached hydrogens (tertiary/aromatic N) is 4. The van der Waals surface area contributed by atoms with E-state index in [0.29, 0.717) is 6.54 Å². The Balaban J connectivity index is 1.71. The minimum Gasteiger partial charge on any atom is -0.344 e. The lowest BCUT2D eigenvalue weighted by atomic mass is 10.1. The number of nitrogens with one attached hydrogen (secondary N) is 1. The molecule has 3 rings (SSSR count). The lowest BCUT2D eigenvalue weighted by Crippen LogP contribution is -2.30. The first-order chi connectivity index (χ1) is 11.8. The summed E-state index contributed by atoms with van der Waals surface area (Å²) in [5.74, 6) is -0.173. The number of benzene rings is 1. The van der Waals surface area contributed by atoms with Gasteiger partial charge in [0.1, 0.15) is 12.7 Å². The maximum absolute atomic E-state index is 12.3. The third-order valence-corrected chi connectivity index (χ3v) is 3.47. The molecule has 0 aliphatic rings. The summed E-state index contributed by atoms with van der Waals surface area (Å²) in [6.45, 7) is 0.510. The van der Waals surface area contributed by atoms with Crippen LogP contribution < -0.4 is 5.32 Å². The van der Waals surface area contributed by atoms with E-state index in [4.69, 9.17) is 0 Å². The molecule has 0 fully saturated rings. The van der Waals surface area contributed by atoms with Gasteiger partial charge in [0.05, 0.1) is 12.6 Å². The zero-order valence-electron chi connectivity index (χ0n) is 13.0. The van der Waals surface area contributed by atoms with E-state index >= 15 is 0 Å². The molecular weight excluding hydrogens is 302 g/mol. The fourth-order valence-electron chi connectivity index (χ4n) is 2.30. The highest BCUT2D eigenvalue weighted by atomic mass is 16.1.